The number of carbonyl (C=O) groups is 13. The van der Waals surface area contributed by atoms with Crippen molar-refractivity contribution in [1.29, 1.82) is 5.41 Å². The molecular weight excluding hydrogens is 1360 g/mol. The fourth-order valence-corrected chi connectivity index (χ4v) is 13.2. The highest BCUT2D eigenvalue weighted by atomic mass is 16.2. The summed E-state index contributed by atoms with van der Waals surface area (Å²) < 4.78 is 0. The number of rotatable bonds is 60. The number of hydrogen-bond donors (Lipinski definition) is 14. The molecule has 11 atom stereocenters. The predicted octanol–water partition coefficient (Wildman–Crippen LogP) is 5.08. The van der Waals surface area contributed by atoms with E-state index in [4.69, 9.17) is 45.5 Å². The van der Waals surface area contributed by atoms with Crippen LogP contribution in [0.5, 0.6) is 0 Å². The van der Waals surface area contributed by atoms with E-state index in [-0.39, 0.29) is 125 Å². The van der Waals surface area contributed by atoms with E-state index < -0.39 is 168 Å². The Hall–Kier alpha value is -8.08. The van der Waals surface area contributed by atoms with Gasteiger partial charge in [0.2, 0.25) is 53.2 Å². The number of carbonyl (C=O) groups excluding carboxylic acids is 13. The summed E-state index contributed by atoms with van der Waals surface area (Å²) in [6.07, 6.45) is 16.0. The summed E-state index contributed by atoms with van der Waals surface area (Å²) in [7, 11) is 0. The number of guanidine groups is 2. The van der Waals surface area contributed by atoms with E-state index in [1.807, 2.05) is 27.7 Å². The summed E-state index contributed by atoms with van der Waals surface area (Å²) in [5, 5.41) is 24.4. The Labute approximate surface area is 630 Å². The number of hydrogen-bond acceptors (Lipinski definition) is 16. The Bertz CT molecular complexity index is 2880. The standard InChI is InChI=1S/C76H137N17O13/c1-12-13-14-15-16-17-18-19-20-21-22-23-24-35-65(99)91-67(49(8)9)73(105)89-56(30-25-26-34-63(77)78)74(106)93-38-29-33-58(93)72(104)92-66(48(6)7)62(97)42-51(11)70(102)90-57(45-64(79)98)59(94)41-50(10)69(101)87-54(31-27-36-85-75(81)82)61(96)44-53(40-47(4)5)71(103)88-55(32-28-37-86-76(83)84)60(95)43-52(68(80)100)39-46(2)3/h46-58,66-67H,12-45H2,1-11H3,(H3,77,78)(H2,79,98)(H2,80,100)(H,87,101)(H,88,103)(H,89,105)(H,90,102)(H,91,99)(H,92,104)(H4,81,82,85)(H4,83,84,86)/t50-,51-,52-,53-,54+,55?,56+,57+,58+,66+,67+/m1/s1. The first kappa shape index (κ1) is 95.9. The van der Waals surface area contributed by atoms with E-state index >= 15 is 0 Å². The first-order chi connectivity index (χ1) is 49.9. The average Bonchev–Trinajstić information content (AvgIpc) is 1.61. The van der Waals surface area contributed by atoms with Gasteiger partial charge in [-0.1, -0.05) is 160 Å². The molecule has 0 aromatic heterocycles. The van der Waals surface area contributed by atoms with Crippen molar-refractivity contribution in [2.45, 2.75) is 317 Å². The summed E-state index contributed by atoms with van der Waals surface area (Å²) in [5.74, 6) is -13.7. The van der Waals surface area contributed by atoms with Gasteiger partial charge < -0.3 is 76.9 Å². The molecule has 1 fully saturated rings. The van der Waals surface area contributed by atoms with Crippen molar-refractivity contribution in [1.82, 2.24) is 36.8 Å². The van der Waals surface area contributed by atoms with Gasteiger partial charge in [0.1, 0.15) is 18.1 Å². The second-order valence-corrected chi connectivity index (χ2v) is 30.8. The van der Waals surface area contributed by atoms with Crippen molar-refractivity contribution >= 4 is 94.1 Å². The lowest BCUT2D eigenvalue weighted by Gasteiger charge is -2.32. The maximum atomic E-state index is 14.6. The first-order valence-corrected chi connectivity index (χ1v) is 39.1. The molecule has 21 N–H and O–H groups in total. The molecule has 1 aliphatic rings. The van der Waals surface area contributed by atoms with E-state index in [0.29, 0.717) is 32.1 Å². The second kappa shape index (κ2) is 52.8. The van der Waals surface area contributed by atoms with Gasteiger partial charge in [-0.05, 0) is 94.3 Å². The van der Waals surface area contributed by atoms with Crippen LogP contribution in [0.15, 0.2) is 9.98 Å². The maximum Gasteiger partial charge on any atom is 0.245 e. The van der Waals surface area contributed by atoms with Crippen molar-refractivity contribution in [3.8, 4) is 0 Å². The number of nitrogens with one attached hydrogen (secondary N) is 7. The molecule has 604 valence electrons. The molecule has 1 saturated heterocycles. The number of aliphatic imine (C=N–C) groups is 2. The second-order valence-electron chi connectivity index (χ2n) is 30.8. The predicted molar refractivity (Wildman–Crippen MR) is 412 cm³/mol. The molecule has 9 amide bonds. The fourth-order valence-electron chi connectivity index (χ4n) is 13.2. The summed E-state index contributed by atoms with van der Waals surface area (Å²) in [5.41, 5.74) is 39.1. The van der Waals surface area contributed by atoms with Crippen LogP contribution in [0.2, 0.25) is 0 Å². The molecule has 0 spiro atoms. The summed E-state index contributed by atoms with van der Waals surface area (Å²) in [4.78, 5) is 189. The molecule has 0 bridgehead atoms. The van der Waals surface area contributed by atoms with Gasteiger partial charge in [0.15, 0.2) is 35.1 Å². The van der Waals surface area contributed by atoms with Gasteiger partial charge in [0.25, 0.3) is 0 Å². The Balaban J connectivity index is 3.29. The van der Waals surface area contributed by atoms with Gasteiger partial charge in [-0.25, -0.2) is 0 Å². The minimum absolute atomic E-state index is 0.0140. The van der Waals surface area contributed by atoms with Crippen LogP contribution in [0.3, 0.4) is 0 Å². The molecule has 0 radical (unpaired) electrons. The summed E-state index contributed by atoms with van der Waals surface area (Å²) in [6.45, 7) is 19.8. The number of unbranched alkanes of at least 4 members (excludes halogenated alkanes) is 13. The number of Topliss-reactive ketones (excluding diaryl/α,β-unsaturated/α-hetero) is 4. The zero-order chi connectivity index (χ0) is 80.2. The minimum Gasteiger partial charge on any atom is -0.388 e. The third kappa shape index (κ3) is 40.6. The molecule has 0 saturated carbocycles. The average molecular weight is 1500 g/mol. The molecule has 30 nitrogen and oxygen atoms in total. The molecule has 0 aromatic carbocycles. The van der Waals surface area contributed by atoms with Crippen LogP contribution in [0.4, 0.5) is 0 Å². The smallest absolute Gasteiger partial charge is 0.245 e. The van der Waals surface area contributed by atoms with Crippen LogP contribution in [0, 0.1) is 52.8 Å². The minimum atomic E-state index is -1.56. The SMILES string of the molecule is CCCCCCCCCCCCCCCC(=O)N[C@H](C(=O)N[C@@H](CCCCC(=N)N)C(=O)N1CCC[C@H]1C(=O)N[C@H](C(=O)C[C@@H](C)C(=O)N[C@@H](CC(N)=O)C(=O)C[C@@H](C)C(=O)N[C@@H](CCCN=C(N)N)C(=O)C[C@@H](CC(C)C)C(=O)NC(CCCN=C(N)N)C(=O)C[C@@H](CC(C)C)C(N)=O)C(C)C)C(C)C. The monoisotopic (exact) mass is 1500 g/mol. The number of nitrogens with two attached hydrogens (primary N) is 7. The van der Waals surface area contributed by atoms with Crippen molar-refractivity contribution in [2.24, 2.45) is 97.5 Å². The van der Waals surface area contributed by atoms with Gasteiger partial charge in [-0.15, -0.1) is 0 Å². The normalized spacial score (nSPS) is 15.7. The van der Waals surface area contributed by atoms with Crippen molar-refractivity contribution in [3.05, 3.63) is 0 Å². The molecule has 1 heterocycles. The van der Waals surface area contributed by atoms with E-state index in [2.05, 4.69) is 48.8 Å². The topological polar surface area (TPSA) is 528 Å². The number of likely N-dealkylation sites (tertiary alicyclic amines) is 1. The van der Waals surface area contributed by atoms with E-state index in [1.54, 1.807) is 27.7 Å². The zero-order valence-electron chi connectivity index (χ0n) is 65.9. The Morgan fingerprint density at radius 2 is 0.858 bits per heavy atom. The van der Waals surface area contributed by atoms with Crippen molar-refractivity contribution in [3.63, 3.8) is 0 Å². The van der Waals surface area contributed by atoms with Crippen molar-refractivity contribution < 1.29 is 62.3 Å². The molecule has 1 aliphatic heterocycles. The lowest BCUT2D eigenvalue weighted by atomic mass is 9.87. The Morgan fingerprint density at radius 3 is 1.32 bits per heavy atom. The van der Waals surface area contributed by atoms with Crippen LogP contribution >= 0.6 is 0 Å². The number of nitrogens with zero attached hydrogens (tertiary/aromatic N) is 3. The third-order valence-corrected chi connectivity index (χ3v) is 19.2. The van der Waals surface area contributed by atoms with Gasteiger partial charge in [-0.3, -0.25) is 77.7 Å². The maximum absolute atomic E-state index is 14.6. The zero-order valence-corrected chi connectivity index (χ0v) is 65.9. The highest BCUT2D eigenvalue weighted by molar-refractivity contribution is 6.00. The molecule has 0 aromatic rings. The quantitative estimate of drug-likeness (QED) is 0.0214. The molecule has 1 rings (SSSR count). The molecule has 106 heavy (non-hydrogen) atoms. The lowest BCUT2D eigenvalue weighted by molar-refractivity contribution is -0.143. The molecule has 1 unspecified atom stereocenters. The Morgan fingerprint density at radius 1 is 0.434 bits per heavy atom. The molecule has 0 aliphatic carbocycles. The van der Waals surface area contributed by atoms with Crippen LogP contribution in [0.25, 0.3) is 0 Å². The highest BCUT2D eigenvalue weighted by Gasteiger charge is 2.41. The van der Waals surface area contributed by atoms with Gasteiger partial charge in [0, 0.05) is 81.8 Å². The van der Waals surface area contributed by atoms with Crippen molar-refractivity contribution in [2.75, 3.05) is 19.6 Å². The largest absolute Gasteiger partial charge is 0.388 e. The van der Waals surface area contributed by atoms with Crippen LogP contribution < -0.4 is 72.0 Å². The van der Waals surface area contributed by atoms with E-state index in [1.165, 1.54) is 76.5 Å². The van der Waals surface area contributed by atoms with Gasteiger partial charge >= 0.3 is 0 Å². The number of ketones is 4. The van der Waals surface area contributed by atoms with Crippen LogP contribution in [-0.2, 0) is 62.3 Å². The number of amidine groups is 1. The van der Waals surface area contributed by atoms with Crippen LogP contribution in [-0.4, -0.2) is 161 Å². The first-order valence-electron chi connectivity index (χ1n) is 39.1. The highest BCUT2D eigenvalue weighted by Crippen LogP contribution is 2.25. The van der Waals surface area contributed by atoms with Gasteiger partial charge in [0.05, 0.1) is 36.4 Å². The van der Waals surface area contributed by atoms with Crippen LogP contribution in [0.1, 0.15) is 275 Å². The molecule has 30 heteroatoms. The number of amides is 9. The molecular formula is C76H137N17O13. The fraction of sp³-hybridized carbons (Fsp3) is 0.789. The van der Waals surface area contributed by atoms with E-state index in [0.717, 1.165) is 19.3 Å². The lowest BCUT2D eigenvalue weighted by Crippen LogP contribution is -2.58. The summed E-state index contributed by atoms with van der Waals surface area (Å²) in [6, 6.07) is -8.19. The summed E-state index contributed by atoms with van der Waals surface area (Å²) >= 11 is 0. The van der Waals surface area contributed by atoms with E-state index in [9.17, 15) is 62.3 Å². The Kier molecular flexibility index (Phi) is 47.8. The number of primary amides is 2. The third-order valence-electron chi connectivity index (χ3n) is 19.2. The van der Waals surface area contributed by atoms with Gasteiger partial charge in [-0.2, -0.15) is 0 Å².